The number of fused-ring (bicyclic) bond motifs is 1. The molecule has 0 bridgehead atoms. The molecule has 2 aromatic carbocycles. The Bertz CT molecular complexity index is 1090. The van der Waals surface area contributed by atoms with Crippen LogP contribution in [0.1, 0.15) is 17.3 Å². The number of rotatable bonds is 2. The number of aromatic nitrogens is 1. The number of carbonyl (C=O) groups is 2. The van der Waals surface area contributed by atoms with Crippen LogP contribution >= 0.6 is 11.6 Å². The second-order valence-electron chi connectivity index (χ2n) is 7.16. The number of halogens is 1. The van der Waals surface area contributed by atoms with Crippen molar-refractivity contribution in [3.05, 3.63) is 65.2 Å². The molecule has 0 spiro atoms. The van der Waals surface area contributed by atoms with E-state index in [9.17, 15) is 9.59 Å². The van der Waals surface area contributed by atoms with E-state index in [0.717, 1.165) is 16.6 Å². The van der Waals surface area contributed by atoms with E-state index in [-0.39, 0.29) is 11.9 Å². The molecule has 1 aromatic heterocycles. The van der Waals surface area contributed by atoms with Crippen molar-refractivity contribution < 1.29 is 14.7 Å². The van der Waals surface area contributed by atoms with E-state index >= 15 is 0 Å². The Morgan fingerprint density at radius 2 is 1.86 bits per heavy atom. The molecule has 2 amide bonds. The number of carbonyl (C=O) groups excluding carboxylic acids is 1. The molecule has 1 aliphatic heterocycles. The summed E-state index contributed by atoms with van der Waals surface area (Å²) in [7, 11) is 0. The number of piperazine rings is 1. The first-order chi connectivity index (χ1) is 13.9. The minimum absolute atomic E-state index is 0.132. The summed E-state index contributed by atoms with van der Waals surface area (Å²) in [5.41, 5.74) is 2.86. The van der Waals surface area contributed by atoms with Crippen LogP contribution in [0.4, 0.5) is 4.79 Å². The Morgan fingerprint density at radius 3 is 2.55 bits per heavy atom. The quantitative estimate of drug-likeness (QED) is 0.681. The monoisotopic (exact) mass is 409 g/mol. The third-order valence-electron chi connectivity index (χ3n) is 5.23. The molecular formula is C22H20ClN3O3. The van der Waals surface area contributed by atoms with E-state index in [2.05, 4.69) is 0 Å². The first-order valence-electron chi connectivity index (χ1n) is 9.38. The summed E-state index contributed by atoms with van der Waals surface area (Å²) in [4.78, 5) is 32.0. The predicted octanol–water partition coefficient (Wildman–Crippen LogP) is 4.38. The Kier molecular flexibility index (Phi) is 5.11. The summed E-state index contributed by atoms with van der Waals surface area (Å²) in [5, 5.41) is 10.5. The van der Waals surface area contributed by atoms with Gasteiger partial charge in [-0.2, -0.15) is 0 Å². The standard InChI is InChI=1S/C22H20ClN3O3/c1-14-13-25(22(28)29)9-10-26(14)21(27)16-7-8-17-18(23)12-19(24-20(17)11-16)15-5-3-2-4-6-15/h2-8,11-12,14H,9-10,13H2,1H3,(H,28,29)/t14-/m1/s1. The van der Waals surface area contributed by atoms with E-state index < -0.39 is 6.09 Å². The second-order valence-corrected chi connectivity index (χ2v) is 7.57. The molecule has 6 nitrogen and oxygen atoms in total. The summed E-state index contributed by atoms with van der Waals surface area (Å²) in [6.07, 6.45) is -0.957. The topological polar surface area (TPSA) is 73.7 Å². The largest absolute Gasteiger partial charge is 0.465 e. The molecule has 1 fully saturated rings. The van der Waals surface area contributed by atoms with E-state index in [1.807, 2.05) is 49.4 Å². The van der Waals surface area contributed by atoms with E-state index in [0.29, 0.717) is 35.7 Å². The van der Waals surface area contributed by atoms with E-state index in [1.165, 1.54) is 4.90 Å². The first-order valence-corrected chi connectivity index (χ1v) is 9.76. The maximum Gasteiger partial charge on any atom is 0.407 e. The highest BCUT2D eigenvalue weighted by Gasteiger charge is 2.30. The highest BCUT2D eigenvalue weighted by molar-refractivity contribution is 6.35. The third kappa shape index (κ3) is 3.76. The molecule has 1 saturated heterocycles. The van der Waals surface area contributed by atoms with Crippen molar-refractivity contribution >= 4 is 34.5 Å². The molecule has 1 atom stereocenters. The molecule has 0 aliphatic carbocycles. The molecule has 29 heavy (non-hydrogen) atoms. The van der Waals surface area contributed by atoms with Gasteiger partial charge in [0.15, 0.2) is 0 Å². The number of hydrogen-bond acceptors (Lipinski definition) is 3. The fourth-order valence-electron chi connectivity index (χ4n) is 3.67. The van der Waals surface area contributed by atoms with Crippen LogP contribution in [-0.2, 0) is 0 Å². The summed E-state index contributed by atoms with van der Waals surface area (Å²) in [6, 6.07) is 16.7. The summed E-state index contributed by atoms with van der Waals surface area (Å²) in [5.74, 6) is -0.132. The number of carboxylic acid groups (broad SMARTS) is 1. The molecule has 2 heterocycles. The lowest BCUT2D eigenvalue weighted by molar-refractivity contribution is 0.0484. The second kappa shape index (κ2) is 7.72. The van der Waals surface area contributed by atoms with Crippen LogP contribution in [0.3, 0.4) is 0 Å². The van der Waals surface area contributed by atoms with E-state index in [1.54, 1.807) is 17.0 Å². The highest BCUT2D eigenvalue weighted by Crippen LogP contribution is 2.29. The Morgan fingerprint density at radius 1 is 1.10 bits per heavy atom. The van der Waals surface area contributed by atoms with Crippen molar-refractivity contribution in [1.29, 1.82) is 0 Å². The van der Waals surface area contributed by atoms with Gasteiger partial charge in [0.25, 0.3) is 5.91 Å². The van der Waals surface area contributed by atoms with Crippen LogP contribution in [0.15, 0.2) is 54.6 Å². The van der Waals surface area contributed by atoms with Crippen LogP contribution in [0.5, 0.6) is 0 Å². The molecule has 3 aromatic rings. The van der Waals surface area contributed by atoms with Gasteiger partial charge in [-0.3, -0.25) is 4.79 Å². The normalized spacial score (nSPS) is 16.8. The predicted molar refractivity (Wildman–Crippen MR) is 112 cm³/mol. The fraction of sp³-hybridized carbons (Fsp3) is 0.227. The number of pyridine rings is 1. The van der Waals surface area contributed by atoms with Crippen molar-refractivity contribution in [3.8, 4) is 11.3 Å². The lowest BCUT2D eigenvalue weighted by Crippen LogP contribution is -2.55. The molecule has 0 radical (unpaired) electrons. The van der Waals surface area contributed by atoms with Gasteiger partial charge in [-0.15, -0.1) is 0 Å². The zero-order valence-corrected chi connectivity index (χ0v) is 16.6. The van der Waals surface area contributed by atoms with Crippen LogP contribution < -0.4 is 0 Å². The van der Waals surface area contributed by atoms with Gasteiger partial charge in [0, 0.05) is 42.2 Å². The van der Waals surface area contributed by atoms with Crippen molar-refractivity contribution in [2.45, 2.75) is 13.0 Å². The molecule has 1 N–H and O–H groups in total. The molecule has 7 heteroatoms. The van der Waals surface area contributed by atoms with Gasteiger partial charge >= 0.3 is 6.09 Å². The van der Waals surface area contributed by atoms with Crippen molar-refractivity contribution in [2.24, 2.45) is 0 Å². The summed E-state index contributed by atoms with van der Waals surface area (Å²) >= 11 is 6.47. The van der Waals surface area contributed by atoms with Crippen molar-refractivity contribution in [2.75, 3.05) is 19.6 Å². The maximum absolute atomic E-state index is 13.1. The zero-order valence-electron chi connectivity index (χ0n) is 15.9. The highest BCUT2D eigenvalue weighted by atomic mass is 35.5. The maximum atomic E-state index is 13.1. The van der Waals surface area contributed by atoms with Gasteiger partial charge in [-0.25, -0.2) is 9.78 Å². The Labute approximate surface area is 173 Å². The molecular weight excluding hydrogens is 390 g/mol. The lowest BCUT2D eigenvalue weighted by Gasteiger charge is -2.38. The van der Waals surface area contributed by atoms with Gasteiger partial charge in [-0.05, 0) is 25.1 Å². The van der Waals surface area contributed by atoms with Gasteiger partial charge in [0.2, 0.25) is 0 Å². The average molecular weight is 410 g/mol. The van der Waals surface area contributed by atoms with Crippen molar-refractivity contribution in [3.63, 3.8) is 0 Å². The molecule has 4 rings (SSSR count). The Hall–Kier alpha value is -3.12. The molecule has 0 unspecified atom stereocenters. The van der Waals surface area contributed by atoms with Crippen LogP contribution in [0.25, 0.3) is 22.2 Å². The van der Waals surface area contributed by atoms with Gasteiger partial charge in [-0.1, -0.05) is 48.0 Å². The van der Waals surface area contributed by atoms with Crippen LogP contribution in [-0.4, -0.2) is 57.6 Å². The minimum Gasteiger partial charge on any atom is -0.465 e. The third-order valence-corrected chi connectivity index (χ3v) is 5.55. The van der Waals surface area contributed by atoms with Gasteiger partial charge < -0.3 is 14.9 Å². The molecule has 0 saturated carbocycles. The number of hydrogen-bond donors (Lipinski definition) is 1. The minimum atomic E-state index is -0.957. The SMILES string of the molecule is C[C@@H]1CN(C(=O)O)CCN1C(=O)c1ccc2c(Cl)cc(-c3ccccc3)nc2c1. The summed E-state index contributed by atoms with van der Waals surface area (Å²) < 4.78 is 0. The lowest BCUT2D eigenvalue weighted by atomic mass is 10.1. The fourth-order valence-corrected chi connectivity index (χ4v) is 3.94. The number of benzene rings is 2. The molecule has 1 aliphatic rings. The van der Waals surface area contributed by atoms with Gasteiger partial charge in [0.05, 0.1) is 16.2 Å². The number of nitrogens with zero attached hydrogens (tertiary/aromatic N) is 3. The Balaban J connectivity index is 1.66. The van der Waals surface area contributed by atoms with Crippen molar-refractivity contribution in [1.82, 2.24) is 14.8 Å². The first kappa shape index (κ1) is 19.2. The summed E-state index contributed by atoms with van der Waals surface area (Å²) in [6.45, 7) is 2.83. The van der Waals surface area contributed by atoms with Gasteiger partial charge in [0.1, 0.15) is 0 Å². The smallest absolute Gasteiger partial charge is 0.407 e. The zero-order chi connectivity index (χ0) is 20.5. The van der Waals surface area contributed by atoms with Crippen LogP contribution in [0.2, 0.25) is 5.02 Å². The van der Waals surface area contributed by atoms with Crippen LogP contribution in [0, 0.1) is 0 Å². The molecule has 148 valence electrons. The number of amides is 2. The average Bonchev–Trinajstić information content (AvgIpc) is 2.73. The van der Waals surface area contributed by atoms with E-state index in [4.69, 9.17) is 21.7 Å².